The van der Waals surface area contributed by atoms with Gasteiger partial charge >= 0.3 is 0 Å². The summed E-state index contributed by atoms with van der Waals surface area (Å²) in [6.45, 7) is 2.69. The lowest BCUT2D eigenvalue weighted by molar-refractivity contribution is -0.139. The van der Waals surface area contributed by atoms with E-state index < -0.39 is 0 Å². The predicted octanol–water partition coefficient (Wildman–Crippen LogP) is 1.77. The molecule has 0 bridgehead atoms. The van der Waals surface area contributed by atoms with Crippen LogP contribution in [0.15, 0.2) is 28.7 Å². The van der Waals surface area contributed by atoms with Gasteiger partial charge < -0.3 is 20.0 Å². The number of amides is 2. The van der Waals surface area contributed by atoms with Crippen LogP contribution in [0.25, 0.3) is 11.1 Å². The van der Waals surface area contributed by atoms with Crippen molar-refractivity contribution in [2.24, 2.45) is 17.6 Å². The van der Waals surface area contributed by atoms with E-state index in [9.17, 15) is 9.59 Å². The van der Waals surface area contributed by atoms with Crippen LogP contribution in [0.5, 0.6) is 0 Å². The van der Waals surface area contributed by atoms with E-state index in [0.717, 1.165) is 56.4 Å². The molecule has 1 unspecified atom stereocenters. The monoisotopic (exact) mass is 356 g/mol. The van der Waals surface area contributed by atoms with Crippen LogP contribution in [-0.4, -0.2) is 47.9 Å². The third-order valence-corrected chi connectivity index (χ3v) is 5.53. The van der Waals surface area contributed by atoms with Crippen molar-refractivity contribution in [3.8, 4) is 0 Å². The minimum absolute atomic E-state index is 0.00209. The number of nitrogens with two attached hydrogens (primary N) is 1. The van der Waals surface area contributed by atoms with Gasteiger partial charge in [-0.1, -0.05) is 12.1 Å². The lowest BCUT2D eigenvalue weighted by atomic mass is 9.92. The summed E-state index contributed by atoms with van der Waals surface area (Å²) < 4.78 is 5.83. The fourth-order valence-electron chi connectivity index (χ4n) is 3.98. The molecule has 1 aromatic heterocycles. The van der Waals surface area contributed by atoms with Crippen molar-refractivity contribution in [1.82, 2.24) is 9.88 Å². The van der Waals surface area contributed by atoms with Gasteiger partial charge in [0.05, 0.1) is 5.92 Å². The highest BCUT2D eigenvalue weighted by Gasteiger charge is 2.33. The molecular weight excluding hydrogens is 332 g/mol. The molecule has 3 heterocycles. The van der Waals surface area contributed by atoms with E-state index in [4.69, 9.17) is 10.2 Å². The Morgan fingerprint density at radius 3 is 2.58 bits per heavy atom. The zero-order valence-electron chi connectivity index (χ0n) is 14.8. The summed E-state index contributed by atoms with van der Waals surface area (Å²) in [4.78, 5) is 32.7. The molecule has 26 heavy (non-hydrogen) atoms. The van der Waals surface area contributed by atoms with E-state index in [1.807, 2.05) is 29.2 Å². The second kappa shape index (κ2) is 6.97. The van der Waals surface area contributed by atoms with Crippen molar-refractivity contribution in [2.45, 2.75) is 25.7 Å². The first-order valence-corrected chi connectivity index (χ1v) is 9.30. The van der Waals surface area contributed by atoms with Crippen LogP contribution >= 0.6 is 0 Å². The standard InChI is InChI=1S/C19H24N4O3/c20-17(24)14-4-3-9-23(12-14)18(25)13-7-10-22(11-8-13)19-21-15-5-1-2-6-16(15)26-19/h1-2,5-6,13-14H,3-4,7-12H2,(H2,20,24). The van der Waals surface area contributed by atoms with Crippen molar-refractivity contribution in [1.29, 1.82) is 0 Å². The first-order chi connectivity index (χ1) is 12.6. The summed E-state index contributed by atoms with van der Waals surface area (Å²) in [7, 11) is 0. The molecule has 0 spiro atoms. The zero-order valence-corrected chi connectivity index (χ0v) is 14.8. The molecule has 7 nitrogen and oxygen atoms in total. The number of likely N-dealkylation sites (tertiary alicyclic amines) is 1. The minimum Gasteiger partial charge on any atom is -0.423 e. The maximum Gasteiger partial charge on any atom is 0.298 e. The smallest absolute Gasteiger partial charge is 0.298 e. The van der Waals surface area contributed by atoms with Gasteiger partial charge in [-0.05, 0) is 37.8 Å². The maximum absolute atomic E-state index is 12.8. The number of oxazole rings is 1. The number of hydrogen-bond donors (Lipinski definition) is 1. The maximum atomic E-state index is 12.8. The van der Waals surface area contributed by atoms with Crippen molar-refractivity contribution in [3.63, 3.8) is 0 Å². The van der Waals surface area contributed by atoms with Gasteiger partial charge in [-0.25, -0.2) is 0 Å². The van der Waals surface area contributed by atoms with Gasteiger partial charge in [-0.2, -0.15) is 4.98 Å². The number of benzene rings is 1. The van der Waals surface area contributed by atoms with Crippen molar-refractivity contribution >= 4 is 28.9 Å². The van der Waals surface area contributed by atoms with Gasteiger partial charge in [0.2, 0.25) is 11.8 Å². The molecular formula is C19H24N4O3. The highest BCUT2D eigenvalue weighted by atomic mass is 16.4. The second-order valence-corrected chi connectivity index (χ2v) is 7.25. The lowest BCUT2D eigenvalue weighted by Crippen LogP contribution is -2.48. The van der Waals surface area contributed by atoms with E-state index in [0.29, 0.717) is 12.6 Å². The van der Waals surface area contributed by atoms with Gasteiger partial charge in [-0.3, -0.25) is 9.59 Å². The Hall–Kier alpha value is -2.57. The molecule has 138 valence electrons. The molecule has 2 aromatic rings. The van der Waals surface area contributed by atoms with Crippen molar-refractivity contribution < 1.29 is 14.0 Å². The van der Waals surface area contributed by atoms with Crippen LogP contribution in [-0.2, 0) is 9.59 Å². The number of para-hydroxylation sites is 2. The average molecular weight is 356 g/mol. The molecule has 2 N–H and O–H groups in total. The van der Waals surface area contributed by atoms with Crippen LogP contribution in [0, 0.1) is 11.8 Å². The Labute approximate surface area is 152 Å². The number of nitrogens with zero attached hydrogens (tertiary/aromatic N) is 3. The number of aromatic nitrogens is 1. The fraction of sp³-hybridized carbons (Fsp3) is 0.526. The van der Waals surface area contributed by atoms with Gasteiger partial charge in [0.15, 0.2) is 5.58 Å². The number of carbonyl (C=O) groups excluding carboxylic acids is 2. The highest BCUT2D eigenvalue weighted by Crippen LogP contribution is 2.28. The summed E-state index contributed by atoms with van der Waals surface area (Å²) in [5, 5.41) is 0. The molecule has 7 heteroatoms. The Morgan fingerprint density at radius 1 is 1.08 bits per heavy atom. The third kappa shape index (κ3) is 3.25. The van der Waals surface area contributed by atoms with Crippen molar-refractivity contribution in [3.05, 3.63) is 24.3 Å². The van der Waals surface area contributed by atoms with Gasteiger partial charge in [0, 0.05) is 32.1 Å². The molecule has 2 saturated heterocycles. The molecule has 0 radical (unpaired) electrons. The first-order valence-electron chi connectivity index (χ1n) is 9.30. The van der Waals surface area contributed by atoms with Gasteiger partial charge in [0.1, 0.15) is 5.52 Å². The number of anilines is 1. The van der Waals surface area contributed by atoms with Crippen LogP contribution in [0.3, 0.4) is 0 Å². The molecule has 2 fully saturated rings. The molecule has 1 atom stereocenters. The molecule has 2 aliphatic heterocycles. The quantitative estimate of drug-likeness (QED) is 0.905. The first kappa shape index (κ1) is 16.9. The molecule has 2 aliphatic rings. The number of piperidine rings is 2. The Bertz CT molecular complexity index is 777. The fourth-order valence-corrected chi connectivity index (χ4v) is 3.98. The summed E-state index contributed by atoms with van der Waals surface area (Å²) in [6.07, 6.45) is 3.18. The molecule has 4 rings (SSSR count). The van der Waals surface area contributed by atoms with Gasteiger partial charge in [-0.15, -0.1) is 0 Å². The highest BCUT2D eigenvalue weighted by molar-refractivity contribution is 5.82. The topological polar surface area (TPSA) is 92.7 Å². The van der Waals surface area contributed by atoms with Crippen LogP contribution in [0.1, 0.15) is 25.7 Å². The summed E-state index contributed by atoms with van der Waals surface area (Å²) in [6, 6.07) is 8.35. The van der Waals surface area contributed by atoms with Gasteiger partial charge in [0.25, 0.3) is 6.01 Å². The largest absolute Gasteiger partial charge is 0.423 e. The van der Waals surface area contributed by atoms with E-state index >= 15 is 0 Å². The number of rotatable bonds is 3. The molecule has 0 saturated carbocycles. The van der Waals surface area contributed by atoms with Crippen molar-refractivity contribution in [2.75, 3.05) is 31.1 Å². The SMILES string of the molecule is NC(=O)C1CCCN(C(=O)C2CCN(c3nc4ccccc4o3)CC2)C1. The third-order valence-electron chi connectivity index (χ3n) is 5.53. The number of carbonyl (C=O) groups is 2. The zero-order chi connectivity index (χ0) is 18.1. The average Bonchev–Trinajstić information content (AvgIpc) is 3.12. The molecule has 1 aromatic carbocycles. The Balaban J connectivity index is 1.37. The normalized spacial score (nSPS) is 21.9. The summed E-state index contributed by atoms with van der Waals surface area (Å²) >= 11 is 0. The number of fused-ring (bicyclic) bond motifs is 1. The minimum atomic E-state index is -0.298. The van der Waals surface area contributed by atoms with E-state index in [2.05, 4.69) is 9.88 Å². The van der Waals surface area contributed by atoms with E-state index in [1.165, 1.54) is 0 Å². The Kier molecular flexibility index (Phi) is 4.53. The van der Waals surface area contributed by atoms with E-state index in [1.54, 1.807) is 0 Å². The second-order valence-electron chi connectivity index (χ2n) is 7.25. The van der Waals surface area contributed by atoms with E-state index in [-0.39, 0.29) is 23.7 Å². The predicted molar refractivity (Wildman–Crippen MR) is 97.4 cm³/mol. The summed E-state index contributed by atoms with van der Waals surface area (Å²) in [5.41, 5.74) is 7.06. The molecule has 0 aliphatic carbocycles. The summed E-state index contributed by atoms with van der Waals surface area (Å²) in [5.74, 6) is -0.337. The van der Waals surface area contributed by atoms with Crippen LogP contribution in [0.4, 0.5) is 6.01 Å². The number of primary amides is 1. The Morgan fingerprint density at radius 2 is 1.85 bits per heavy atom. The van der Waals surface area contributed by atoms with Crippen LogP contribution in [0.2, 0.25) is 0 Å². The molecule has 2 amide bonds. The lowest BCUT2D eigenvalue weighted by Gasteiger charge is -2.36. The van der Waals surface area contributed by atoms with Crippen LogP contribution < -0.4 is 10.6 Å². The number of hydrogen-bond acceptors (Lipinski definition) is 5.